The molecule has 6 nitrogen and oxygen atoms in total. The van der Waals surface area contributed by atoms with Crippen LogP contribution in [0.15, 0.2) is 70.8 Å². The molecule has 0 fully saturated rings. The van der Waals surface area contributed by atoms with Crippen LogP contribution in [-0.4, -0.2) is 21.0 Å². The van der Waals surface area contributed by atoms with E-state index in [1.165, 1.54) is 5.56 Å². The Hall–Kier alpha value is -3.32. The Kier molecular flexibility index (Phi) is 6.52. The van der Waals surface area contributed by atoms with Crippen molar-refractivity contribution in [1.82, 2.24) is 20.4 Å². The van der Waals surface area contributed by atoms with Crippen molar-refractivity contribution >= 4 is 17.2 Å². The fraction of sp³-hybridized carbons (Fsp3) is 0.250. The Morgan fingerprint density at radius 3 is 2.48 bits per heavy atom. The van der Waals surface area contributed by atoms with Crippen LogP contribution in [0.1, 0.15) is 54.1 Å². The summed E-state index contributed by atoms with van der Waals surface area (Å²) in [5.41, 5.74) is 3.18. The average Bonchev–Trinajstić information content (AvgIpc) is 3.49. The van der Waals surface area contributed by atoms with Crippen molar-refractivity contribution in [2.24, 2.45) is 0 Å². The number of pyridine rings is 1. The van der Waals surface area contributed by atoms with Crippen LogP contribution in [0.3, 0.4) is 0 Å². The van der Waals surface area contributed by atoms with Crippen LogP contribution in [0.4, 0.5) is 0 Å². The van der Waals surface area contributed by atoms with Gasteiger partial charge in [0.15, 0.2) is 0 Å². The first-order valence-corrected chi connectivity index (χ1v) is 11.1. The molecule has 4 aromatic rings. The Balaban J connectivity index is 1.42. The van der Waals surface area contributed by atoms with Crippen LogP contribution < -0.4 is 5.32 Å². The summed E-state index contributed by atoms with van der Waals surface area (Å²) in [6, 6.07) is 16.0. The molecule has 3 heterocycles. The lowest BCUT2D eigenvalue weighted by Gasteiger charge is -2.19. The van der Waals surface area contributed by atoms with Crippen molar-refractivity contribution in [3.63, 3.8) is 0 Å². The average molecular weight is 433 g/mol. The number of nitrogens with zero attached hydrogens (tertiary/aromatic N) is 3. The smallest absolute Gasteiger partial charge is 0.227 e. The topological polar surface area (TPSA) is 80.9 Å². The summed E-state index contributed by atoms with van der Waals surface area (Å²) in [7, 11) is 0. The number of nitrogens with one attached hydrogen (secondary N) is 1. The van der Waals surface area contributed by atoms with E-state index in [1.54, 1.807) is 23.7 Å². The van der Waals surface area contributed by atoms with Gasteiger partial charge in [-0.2, -0.15) is 4.98 Å². The zero-order valence-corrected chi connectivity index (χ0v) is 18.3. The molecule has 0 spiro atoms. The van der Waals surface area contributed by atoms with Crippen molar-refractivity contribution in [2.45, 2.75) is 38.6 Å². The van der Waals surface area contributed by atoms with E-state index < -0.39 is 0 Å². The van der Waals surface area contributed by atoms with Crippen molar-refractivity contribution in [3.05, 3.63) is 88.2 Å². The molecule has 1 unspecified atom stereocenters. The highest BCUT2D eigenvalue weighted by Gasteiger charge is 2.19. The molecule has 0 aliphatic carbocycles. The van der Waals surface area contributed by atoms with E-state index in [1.807, 2.05) is 29.6 Å². The molecule has 0 aliphatic rings. The van der Waals surface area contributed by atoms with Crippen molar-refractivity contribution in [2.75, 3.05) is 0 Å². The second-order valence-electron chi connectivity index (χ2n) is 7.58. The summed E-state index contributed by atoms with van der Waals surface area (Å²) in [4.78, 5) is 22.2. The fourth-order valence-electron chi connectivity index (χ4n) is 3.28. The Labute approximate surface area is 185 Å². The lowest BCUT2D eigenvalue weighted by molar-refractivity contribution is -0.121. The number of aryl methyl sites for hydroxylation is 1. The minimum atomic E-state index is -0.177. The summed E-state index contributed by atoms with van der Waals surface area (Å²) in [5.74, 6) is 1.35. The minimum absolute atomic E-state index is 0.0602. The van der Waals surface area contributed by atoms with Gasteiger partial charge in [0.05, 0.1) is 6.04 Å². The number of hydrogen-bond donors (Lipinski definition) is 1. The molecule has 4 rings (SSSR count). The third-order valence-corrected chi connectivity index (χ3v) is 5.98. The first kappa shape index (κ1) is 20.9. The zero-order valence-electron chi connectivity index (χ0n) is 17.5. The summed E-state index contributed by atoms with van der Waals surface area (Å²) in [6.07, 6.45) is 4.01. The second-order valence-corrected chi connectivity index (χ2v) is 8.56. The Morgan fingerprint density at radius 1 is 1.06 bits per heavy atom. The zero-order chi connectivity index (χ0) is 21.6. The molecule has 158 valence electrons. The molecular formula is C24H24N4O2S. The standard InChI is InChI=1S/C24H24N4O2S/c1-16(2)17-5-7-18(8-6-17)23(20-4-3-15-31-20)26-21(29)9-10-22-27-24(28-30-22)19-11-13-25-14-12-19/h3-8,11-16,23H,9-10H2,1-2H3,(H,26,29). The highest BCUT2D eigenvalue weighted by molar-refractivity contribution is 7.10. The SMILES string of the molecule is CC(C)c1ccc(C(NC(=O)CCc2nc(-c3ccncc3)no2)c2cccs2)cc1. The van der Waals surface area contributed by atoms with Gasteiger partial charge in [-0.05, 0) is 40.6 Å². The quantitative estimate of drug-likeness (QED) is 0.416. The molecule has 1 N–H and O–H groups in total. The van der Waals surface area contributed by atoms with Gasteiger partial charge >= 0.3 is 0 Å². The number of aromatic nitrogens is 3. The van der Waals surface area contributed by atoms with Gasteiger partial charge in [-0.15, -0.1) is 11.3 Å². The van der Waals surface area contributed by atoms with E-state index in [-0.39, 0.29) is 18.4 Å². The largest absolute Gasteiger partial charge is 0.344 e. The summed E-state index contributed by atoms with van der Waals surface area (Å²) >= 11 is 1.63. The van der Waals surface area contributed by atoms with Crippen molar-refractivity contribution in [3.8, 4) is 11.4 Å². The van der Waals surface area contributed by atoms with E-state index in [9.17, 15) is 4.79 Å². The first-order chi connectivity index (χ1) is 15.1. The van der Waals surface area contributed by atoms with E-state index >= 15 is 0 Å². The molecule has 1 amide bonds. The molecule has 0 aliphatic heterocycles. The maximum absolute atomic E-state index is 12.7. The summed E-state index contributed by atoms with van der Waals surface area (Å²) in [6.45, 7) is 4.34. The van der Waals surface area contributed by atoms with Crippen LogP contribution in [-0.2, 0) is 11.2 Å². The maximum atomic E-state index is 12.7. The number of thiophene rings is 1. The predicted octanol–water partition coefficient (Wildman–Crippen LogP) is 5.15. The lowest BCUT2D eigenvalue weighted by Crippen LogP contribution is -2.29. The van der Waals surface area contributed by atoms with Crippen molar-refractivity contribution in [1.29, 1.82) is 0 Å². The van der Waals surface area contributed by atoms with Crippen LogP contribution >= 0.6 is 11.3 Å². The van der Waals surface area contributed by atoms with E-state index in [0.29, 0.717) is 24.1 Å². The van der Waals surface area contributed by atoms with Gasteiger partial charge in [0.1, 0.15) is 0 Å². The maximum Gasteiger partial charge on any atom is 0.227 e. The lowest BCUT2D eigenvalue weighted by atomic mass is 9.98. The van der Waals surface area contributed by atoms with Gasteiger partial charge in [0.2, 0.25) is 17.6 Å². The third-order valence-electron chi connectivity index (χ3n) is 5.04. The molecule has 1 aromatic carbocycles. The van der Waals surface area contributed by atoms with Crippen LogP contribution in [0.25, 0.3) is 11.4 Å². The van der Waals surface area contributed by atoms with Crippen molar-refractivity contribution < 1.29 is 9.32 Å². The van der Waals surface area contributed by atoms with E-state index in [4.69, 9.17) is 4.52 Å². The number of carbonyl (C=O) groups is 1. The van der Waals surface area contributed by atoms with Crippen LogP contribution in [0.2, 0.25) is 0 Å². The second kappa shape index (κ2) is 9.66. The van der Waals surface area contributed by atoms with Gasteiger partial charge in [0.25, 0.3) is 0 Å². The number of hydrogen-bond acceptors (Lipinski definition) is 6. The monoisotopic (exact) mass is 432 g/mol. The highest BCUT2D eigenvalue weighted by atomic mass is 32.1. The molecule has 0 radical (unpaired) electrons. The fourth-order valence-corrected chi connectivity index (χ4v) is 4.08. The molecule has 0 saturated carbocycles. The third kappa shape index (κ3) is 5.24. The molecule has 0 saturated heterocycles. The summed E-state index contributed by atoms with van der Waals surface area (Å²) in [5, 5.41) is 9.18. The van der Waals surface area contributed by atoms with Crippen LogP contribution in [0, 0.1) is 0 Å². The molecular weight excluding hydrogens is 408 g/mol. The van der Waals surface area contributed by atoms with Gasteiger partial charge in [-0.3, -0.25) is 9.78 Å². The number of benzene rings is 1. The molecule has 3 aromatic heterocycles. The normalized spacial score (nSPS) is 12.1. The van der Waals surface area contributed by atoms with E-state index in [2.05, 4.69) is 58.6 Å². The molecule has 31 heavy (non-hydrogen) atoms. The molecule has 1 atom stereocenters. The van der Waals surface area contributed by atoms with Gasteiger partial charge < -0.3 is 9.84 Å². The number of rotatable bonds is 8. The first-order valence-electron chi connectivity index (χ1n) is 10.3. The van der Waals surface area contributed by atoms with E-state index in [0.717, 1.165) is 16.0 Å². The summed E-state index contributed by atoms with van der Waals surface area (Å²) < 4.78 is 5.31. The predicted molar refractivity (Wildman–Crippen MR) is 121 cm³/mol. The van der Waals surface area contributed by atoms with Gasteiger partial charge in [-0.25, -0.2) is 0 Å². The molecule has 0 bridgehead atoms. The number of carbonyl (C=O) groups excluding carboxylic acids is 1. The van der Waals surface area contributed by atoms with Crippen LogP contribution in [0.5, 0.6) is 0 Å². The van der Waals surface area contributed by atoms with Gasteiger partial charge in [-0.1, -0.05) is 49.3 Å². The number of amides is 1. The van der Waals surface area contributed by atoms with Gasteiger partial charge in [0, 0.05) is 35.7 Å². The Morgan fingerprint density at radius 2 is 1.81 bits per heavy atom. The highest BCUT2D eigenvalue weighted by Crippen LogP contribution is 2.27. The minimum Gasteiger partial charge on any atom is -0.344 e. The Bertz CT molecular complexity index is 1110. The molecule has 7 heteroatoms.